The number of rotatable bonds is 1. The maximum atomic E-state index is 12.5. The molecule has 0 spiro atoms. The second kappa shape index (κ2) is 4.12. The Bertz CT molecular complexity index is 666. The summed E-state index contributed by atoms with van der Waals surface area (Å²) in [5.41, 5.74) is 3.58. The fraction of sp³-hybridized carbons (Fsp3) is 0.438. The average Bonchev–Trinajstić information content (AvgIpc) is 2.75. The van der Waals surface area contributed by atoms with Crippen molar-refractivity contribution in [3.63, 3.8) is 0 Å². The molecule has 0 saturated heterocycles. The van der Waals surface area contributed by atoms with Gasteiger partial charge in [-0.1, -0.05) is 13.8 Å². The highest BCUT2D eigenvalue weighted by Crippen LogP contribution is 2.44. The number of furan rings is 1. The molecule has 1 aromatic heterocycles. The Morgan fingerprint density at radius 3 is 2.74 bits per heavy atom. The lowest BCUT2D eigenvalue weighted by Crippen LogP contribution is -2.23. The van der Waals surface area contributed by atoms with Gasteiger partial charge in [0.05, 0.1) is 18.9 Å². The van der Waals surface area contributed by atoms with Gasteiger partial charge >= 0.3 is 0 Å². The first-order chi connectivity index (χ1) is 9.04. The first kappa shape index (κ1) is 12.3. The van der Waals surface area contributed by atoms with Gasteiger partial charge in [-0.15, -0.1) is 0 Å². The van der Waals surface area contributed by atoms with Crippen molar-refractivity contribution in [2.45, 2.75) is 33.1 Å². The molecule has 0 N–H and O–H groups in total. The van der Waals surface area contributed by atoms with Crippen LogP contribution in [0.3, 0.4) is 0 Å². The van der Waals surface area contributed by atoms with E-state index >= 15 is 0 Å². The van der Waals surface area contributed by atoms with Gasteiger partial charge < -0.3 is 9.15 Å². The minimum Gasteiger partial charge on any atom is -0.492 e. The van der Waals surface area contributed by atoms with Crippen LogP contribution in [0.15, 0.2) is 16.7 Å². The Balaban J connectivity index is 2.41. The molecule has 1 aliphatic rings. The van der Waals surface area contributed by atoms with E-state index in [1.807, 2.05) is 13.8 Å². The van der Waals surface area contributed by atoms with Gasteiger partial charge in [0.2, 0.25) is 0 Å². The first-order valence-corrected chi connectivity index (χ1v) is 6.67. The maximum absolute atomic E-state index is 12.5. The van der Waals surface area contributed by atoms with Gasteiger partial charge in [-0.05, 0) is 36.5 Å². The predicted octanol–water partition coefficient (Wildman–Crippen LogP) is 4.08. The molecule has 3 rings (SSSR count). The highest BCUT2D eigenvalue weighted by molar-refractivity contribution is 6.07. The third-order valence-electron chi connectivity index (χ3n) is 4.18. The molecule has 0 unspecified atom stereocenters. The fourth-order valence-electron chi connectivity index (χ4n) is 3.13. The number of aryl methyl sites for hydroxylation is 1. The standard InChI is InChI=1S/C16H18O3/c1-8-5-9(2)14(17)13-11(8)6-12-10(3)7-19-15(12)16(13)18-4/h6-9H,5H2,1-4H3/t8-,9-/m0/s1. The normalized spacial score (nSPS) is 22.6. The summed E-state index contributed by atoms with van der Waals surface area (Å²) in [5.74, 6) is 1.19. The molecule has 0 saturated carbocycles. The van der Waals surface area contributed by atoms with Crippen LogP contribution in [0.2, 0.25) is 0 Å². The topological polar surface area (TPSA) is 39.4 Å². The molecule has 0 amide bonds. The lowest BCUT2D eigenvalue weighted by molar-refractivity contribution is 0.0903. The van der Waals surface area contributed by atoms with E-state index in [2.05, 4.69) is 13.0 Å². The van der Waals surface area contributed by atoms with Crippen molar-refractivity contribution in [2.24, 2.45) is 5.92 Å². The van der Waals surface area contributed by atoms with Gasteiger partial charge in [0.15, 0.2) is 17.1 Å². The molecule has 1 aromatic carbocycles. The number of methoxy groups -OCH3 is 1. The van der Waals surface area contributed by atoms with Crippen molar-refractivity contribution < 1.29 is 13.9 Å². The van der Waals surface area contributed by atoms with E-state index < -0.39 is 0 Å². The summed E-state index contributed by atoms with van der Waals surface area (Å²) in [6.07, 6.45) is 2.62. The van der Waals surface area contributed by atoms with E-state index in [4.69, 9.17) is 9.15 Å². The van der Waals surface area contributed by atoms with Crippen LogP contribution in [0.5, 0.6) is 5.75 Å². The number of hydrogen-bond donors (Lipinski definition) is 0. The van der Waals surface area contributed by atoms with Crippen molar-refractivity contribution in [3.8, 4) is 5.75 Å². The highest BCUT2D eigenvalue weighted by atomic mass is 16.5. The molecule has 2 aromatic rings. The van der Waals surface area contributed by atoms with Crippen LogP contribution < -0.4 is 4.74 Å². The van der Waals surface area contributed by atoms with Crippen molar-refractivity contribution in [3.05, 3.63) is 29.0 Å². The molecular weight excluding hydrogens is 240 g/mol. The maximum Gasteiger partial charge on any atom is 0.176 e. The molecule has 3 heteroatoms. The molecule has 0 fully saturated rings. The molecular formula is C16H18O3. The molecule has 3 nitrogen and oxygen atoms in total. The fourth-order valence-corrected chi connectivity index (χ4v) is 3.13. The van der Waals surface area contributed by atoms with Crippen molar-refractivity contribution in [1.82, 2.24) is 0 Å². The van der Waals surface area contributed by atoms with Crippen LogP contribution in [0, 0.1) is 12.8 Å². The van der Waals surface area contributed by atoms with E-state index in [0.29, 0.717) is 17.3 Å². The minimum atomic E-state index is 0.0462. The van der Waals surface area contributed by atoms with Gasteiger partial charge in [0, 0.05) is 11.3 Å². The van der Waals surface area contributed by atoms with Crippen molar-refractivity contribution in [2.75, 3.05) is 7.11 Å². The van der Waals surface area contributed by atoms with Gasteiger partial charge in [-0.3, -0.25) is 4.79 Å². The summed E-state index contributed by atoms with van der Waals surface area (Å²) in [7, 11) is 1.60. The summed E-state index contributed by atoms with van der Waals surface area (Å²) in [6, 6.07) is 2.10. The second-order valence-corrected chi connectivity index (χ2v) is 5.57. The van der Waals surface area contributed by atoms with E-state index in [1.54, 1.807) is 13.4 Å². The first-order valence-electron chi connectivity index (χ1n) is 6.67. The number of hydrogen-bond acceptors (Lipinski definition) is 3. The van der Waals surface area contributed by atoms with Crippen LogP contribution >= 0.6 is 0 Å². The molecule has 0 bridgehead atoms. The highest BCUT2D eigenvalue weighted by Gasteiger charge is 2.33. The van der Waals surface area contributed by atoms with E-state index in [9.17, 15) is 4.79 Å². The number of ether oxygens (including phenoxy) is 1. The summed E-state index contributed by atoms with van der Waals surface area (Å²) >= 11 is 0. The number of Topliss-reactive ketones (excluding diaryl/α,β-unsaturated/α-hetero) is 1. The quantitative estimate of drug-likeness (QED) is 0.773. The monoisotopic (exact) mass is 258 g/mol. The van der Waals surface area contributed by atoms with E-state index in [1.165, 1.54) is 0 Å². The zero-order valence-corrected chi connectivity index (χ0v) is 11.7. The number of carbonyl (C=O) groups is 1. The Morgan fingerprint density at radius 1 is 1.32 bits per heavy atom. The third-order valence-corrected chi connectivity index (χ3v) is 4.18. The lowest BCUT2D eigenvalue weighted by Gasteiger charge is -2.27. The molecule has 1 heterocycles. The summed E-state index contributed by atoms with van der Waals surface area (Å²) < 4.78 is 11.1. The number of fused-ring (bicyclic) bond motifs is 2. The average molecular weight is 258 g/mol. The molecule has 100 valence electrons. The van der Waals surface area contributed by atoms with Gasteiger partial charge in [0.1, 0.15) is 0 Å². The Labute approximate surface area is 112 Å². The zero-order chi connectivity index (χ0) is 13.7. The summed E-state index contributed by atoms with van der Waals surface area (Å²) in [5, 5.41) is 1.05. The molecule has 2 atom stereocenters. The lowest BCUT2D eigenvalue weighted by atomic mass is 9.76. The summed E-state index contributed by atoms with van der Waals surface area (Å²) in [6.45, 7) is 6.16. The second-order valence-electron chi connectivity index (χ2n) is 5.57. The van der Waals surface area contributed by atoms with Crippen molar-refractivity contribution in [1.29, 1.82) is 0 Å². The van der Waals surface area contributed by atoms with Crippen LogP contribution in [-0.2, 0) is 0 Å². The minimum absolute atomic E-state index is 0.0462. The number of ketones is 1. The van der Waals surface area contributed by atoms with E-state index in [0.717, 1.165) is 28.5 Å². The van der Waals surface area contributed by atoms with Crippen LogP contribution in [0.25, 0.3) is 11.0 Å². The van der Waals surface area contributed by atoms with Crippen LogP contribution in [0.4, 0.5) is 0 Å². The largest absolute Gasteiger partial charge is 0.492 e. The van der Waals surface area contributed by atoms with Gasteiger partial charge in [-0.2, -0.15) is 0 Å². The number of carbonyl (C=O) groups excluding carboxylic acids is 1. The van der Waals surface area contributed by atoms with Crippen LogP contribution in [-0.4, -0.2) is 12.9 Å². The van der Waals surface area contributed by atoms with Gasteiger partial charge in [0.25, 0.3) is 0 Å². The molecule has 0 aliphatic heterocycles. The molecule has 0 radical (unpaired) electrons. The Kier molecular flexibility index (Phi) is 2.66. The zero-order valence-electron chi connectivity index (χ0n) is 11.7. The smallest absolute Gasteiger partial charge is 0.176 e. The third kappa shape index (κ3) is 1.61. The Hall–Kier alpha value is -1.77. The van der Waals surface area contributed by atoms with Gasteiger partial charge in [-0.25, -0.2) is 0 Å². The Morgan fingerprint density at radius 2 is 2.05 bits per heavy atom. The molecule has 1 aliphatic carbocycles. The predicted molar refractivity (Wildman–Crippen MR) is 74.0 cm³/mol. The van der Waals surface area contributed by atoms with Crippen molar-refractivity contribution >= 4 is 16.8 Å². The summed E-state index contributed by atoms with van der Waals surface area (Å²) in [4.78, 5) is 12.5. The molecule has 19 heavy (non-hydrogen) atoms. The van der Waals surface area contributed by atoms with Crippen LogP contribution in [0.1, 0.15) is 47.7 Å². The SMILES string of the molecule is COc1c2c(cc3c(C)coc13)[C@@H](C)C[C@H](C)C2=O. The number of benzene rings is 1. The van der Waals surface area contributed by atoms with E-state index in [-0.39, 0.29) is 11.7 Å².